The van der Waals surface area contributed by atoms with E-state index in [4.69, 9.17) is 0 Å². The van der Waals surface area contributed by atoms with Gasteiger partial charge in [0, 0.05) is 10.8 Å². The Bertz CT molecular complexity index is 1060. The smallest absolute Gasteiger partial charge is 0.245 e. The molecule has 7 aliphatic rings. The fraction of sp³-hybridized carbons (Fsp3) is 0.619. The van der Waals surface area contributed by atoms with Crippen LogP contribution < -0.4 is 11.4 Å². The van der Waals surface area contributed by atoms with Crippen molar-refractivity contribution in [2.45, 2.75) is 44.2 Å². The highest BCUT2D eigenvalue weighted by Crippen LogP contribution is 3.04. The van der Waals surface area contributed by atoms with E-state index in [0.717, 1.165) is 11.8 Å². The van der Waals surface area contributed by atoms with Gasteiger partial charge in [-0.3, -0.25) is 0 Å². The van der Waals surface area contributed by atoms with Crippen LogP contribution in [0.3, 0.4) is 0 Å². The predicted octanol–water partition coefficient (Wildman–Crippen LogP) is 2.35. The second-order valence-electron chi connectivity index (χ2n) is 9.67. The van der Waals surface area contributed by atoms with Gasteiger partial charge >= 0.3 is 11.4 Å². The standard InChI is InChI=1S/C21H21N3O2/c25-18-22(11-7-3-1-4-8-11)19(26)24-17-14-12-13(14)16(23(18)24)20-9-5-2-6-10-21(17,20)15(12)20/h1,3-4,7-8,12-17H,2,5-6,9-10H2/t12?,13-,14+,15?,16-,17-,20+,21+/m0/s1. The van der Waals surface area contributed by atoms with Gasteiger partial charge in [-0.25, -0.2) is 23.5 Å². The molecule has 2 aromatic rings. The first-order valence-corrected chi connectivity index (χ1v) is 10.3. The van der Waals surface area contributed by atoms with Crippen molar-refractivity contribution in [1.82, 2.24) is 13.9 Å². The molecule has 0 saturated heterocycles. The van der Waals surface area contributed by atoms with Gasteiger partial charge in [-0.2, -0.15) is 0 Å². The van der Waals surface area contributed by atoms with Crippen LogP contribution in [0.5, 0.6) is 0 Å². The molecule has 2 spiro atoms. The van der Waals surface area contributed by atoms with Crippen LogP contribution >= 0.6 is 0 Å². The highest BCUT2D eigenvalue weighted by atomic mass is 16.2. The summed E-state index contributed by atoms with van der Waals surface area (Å²) in [4.78, 5) is 26.8. The van der Waals surface area contributed by atoms with E-state index in [9.17, 15) is 9.59 Å². The zero-order valence-electron chi connectivity index (χ0n) is 14.5. The van der Waals surface area contributed by atoms with Crippen LogP contribution in [0, 0.1) is 34.5 Å². The van der Waals surface area contributed by atoms with Crippen molar-refractivity contribution in [2.24, 2.45) is 34.5 Å². The minimum Gasteiger partial charge on any atom is -0.245 e. The number of rotatable bonds is 1. The van der Waals surface area contributed by atoms with Crippen LogP contribution in [0.4, 0.5) is 0 Å². The zero-order chi connectivity index (χ0) is 17.0. The van der Waals surface area contributed by atoms with Gasteiger partial charge in [-0.15, -0.1) is 0 Å². The average molecular weight is 347 g/mol. The maximum absolute atomic E-state index is 13.4. The van der Waals surface area contributed by atoms with E-state index in [1.807, 2.05) is 39.7 Å². The number of nitrogens with zero attached hydrogens (tertiary/aromatic N) is 3. The second kappa shape index (κ2) is 3.54. The van der Waals surface area contributed by atoms with E-state index in [2.05, 4.69) is 0 Å². The Hall–Kier alpha value is -2.04. The first-order chi connectivity index (χ1) is 12.7. The summed E-state index contributed by atoms with van der Waals surface area (Å²) in [6, 6.07) is 10.1. The normalized spacial score (nSPS) is 50.2. The lowest BCUT2D eigenvalue weighted by Crippen LogP contribution is -2.52. The molecule has 5 saturated carbocycles. The Morgan fingerprint density at radius 1 is 0.769 bits per heavy atom. The highest BCUT2D eigenvalue weighted by molar-refractivity contribution is 5.49. The molecule has 5 heteroatoms. The van der Waals surface area contributed by atoms with Crippen LogP contribution in [-0.2, 0) is 0 Å². The Labute approximate surface area is 150 Å². The van der Waals surface area contributed by atoms with E-state index in [0.29, 0.717) is 40.4 Å². The maximum Gasteiger partial charge on any atom is 0.352 e. The van der Waals surface area contributed by atoms with Gasteiger partial charge in [0.15, 0.2) is 0 Å². The van der Waals surface area contributed by atoms with Gasteiger partial charge in [0.2, 0.25) is 0 Å². The summed E-state index contributed by atoms with van der Waals surface area (Å²) >= 11 is 0. The molecule has 0 N–H and O–H groups in total. The lowest BCUT2D eigenvalue weighted by atomic mass is 9.69. The minimum atomic E-state index is -0.0972. The molecule has 5 fully saturated rings. The third-order valence-corrected chi connectivity index (χ3v) is 9.48. The van der Waals surface area contributed by atoms with Crippen molar-refractivity contribution in [2.75, 3.05) is 0 Å². The Balaban J connectivity index is 1.45. The molecule has 8 atom stereocenters. The summed E-state index contributed by atoms with van der Waals surface area (Å²) in [5.74, 6) is 3.01. The Kier molecular flexibility index (Phi) is 1.79. The molecule has 2 bridgehead atoms. The molecule has 2 aliphatic heterocycles. The summed E-state index contributed by atoms with van der Waals surface area (Å²) in [6.07, 6.45) is 6.52. The molecule has 0 amide bonds. The zero-order valence-corrected chi connectivity index (χ0v) is 14.5. The van der Waals surface area contributed by atoms with Crippen LogP contribution in [0.15, 0.2) is 39.9 Å². The molecule has 3 heterocycles. The molecular formula is C21H21N3O2. The lowest BCUT2D eigenvalue weighted by Gasteiger charge is -2.48. The largest absolute Gasteiger partial charge is 0.352 e. The molecule has 9 rings (SSSR count). The van der Waals surface area contributed by atoms with Gasteiger partial charge in [0.05, 0.1) is 17.8 Å². The molecule has 2 unspecified atom stereocenters. The van der Waals surface area contributed by atoms with Crippen molar-refractivity contribution < 1.29 is 0 Å². The van der Waals surface area contributed by atoms with Gasteiger partial charge in [-0.1, -0.05) is 37.5 Å². The van der Waals surface area contributed by atoms with Crippen LogP contribution in [-0.4, -0.2) is 13.9 Å². The number of aromatic nitrogens is 3. The van der Waals surface area contributed by atoms with Gasteiger partial charge in [0.1, 0.15) is 0 Å². The van der Waals surface area contributed by atoms with E-state index in [1.54, 1.807) is 0 Å². The highest BCUT2D eigenvalue weighted by Gasteiger charge is 3.02. The lowest BCUT2D eigenvalue weighted by molar-refractivity contribution is -0.00428. The van der Waals surface area contributed by atoms with Crippen molar-refractivity contribution >= 4 is 0 Å². The van der Waals surface area contributed by atoms with Gasteiger partial charge in [0.25, 0.3) is 0 Å². The molecule has 1 aromatic heterocycles. The topological polar surface area (TPSA) is 48.9 Å². The average Bonchev–Trinajstić information content (AvgIpc) is 3.42. The molecule has 5 aliphatic carbocycles. The number of para-hydroxylation sites is 1. The fourth-order valence-electron chi connectivity index (χ4n) is 9.27. The molecule has 1 aromatic carbocycles. The van der Waals surface area contributed by atoms with E-state index in [-0.39, 0.29) is 11.4 Å². The predicted molar refractivity (Wildman–Crippen MR) is 94.3 cm³/mol. The van der Waals surface area contributed by atoms with Crippen LogP contribution in [0.25, 0.3) is 5.69 Å². The van der Waals surface area contributed by atoms with E-state index < -0.39 is 0 Å². The maximum atomic E-state index is 13.4. The summed E-state index contributed by atoms with van der Waals surface area (Å²) in [7, 11) is 0. The number of hydrogen-bond donors (Lipinski definition) is 0. The monoisotopic (exact) mass is 347 g/mol. The quantitative estimate of drug-likeness (QED) is 0.795. The Morgan fingerprint density at radius 3 is 1.92 bits per heavy atom. The van der Waals surface area contributed by atoms with Crippen LogP contribution in [0.1, 0.15) is 44.2 Å². The van der Waals surface area contributed by atoms with Gasteiger partial charge < -0.3 is 0 Å². The summed E-state index contributed by atoms with van der Waals surface area (Å²) in [6.45, 7) is 0. The first kappa shape index (κ1) is 13.2. The molecule has 5 nitrogen and oxygen atoms in total. The van der Waals surface area contributed by atoms with E-state index >= 15 is 0 Å². The van der Waals surface area contributed by atoms with E-state index in [1.165, 1.54) is 36.7 Å². The molecular weight excluding hydrogens is 326 g/mol. The summed E-state index contributed by atoms with van der Waals surface area (Å²) in [5.41, 5.74) is 1.23. The summed E-state index contributed by atoms with van der Waals surface area (Å²) in [5, 5.41) is 0. The second-order valence-corrected chi connectivity index (χ2v) is 9.67. The first-order valence-electron chi connectivity index (χ1n) is 10.3. The van der Waals surface area contributed by atoms with Gasteiger partial charge in [-0.05, 0) is 48.6 Å². The Morgan fingerprint density at radius 2 is 1.35 bits per heavy atom. The summed E-state index contributed by atoms with van der Waals surface area (Å²) < 4.78 is 5.31. The molecule has 26 heavy (non-hydrogen) atoms. The number of benzene rings is 1. The number of hydrogen-bond acceptors (Lipinski definition) is 2. The molecule has 0 radical (unpaired) electrons. The van der Waals surface area contributed by atoms with Crippen molar-refractivity contribution in [3.63, 3.8) is 0 Å². The molecule has 132 valence electrons. The fourth-order valence-corrected chi connectivity index (χ4v) is 9.27. The van der Waals surface area contributed by atoms with Crippen LogP contribution in [0.2, 0.25) is 0 Å². The van der Waals surface area contributed by atoms with Crippen molar-refractivity contribution in [1.29, 1.82) is 0 Å². The third-order valence-electron chi connectivity index (χ3n) is 9.48. The third kappa shape index (κ3) is 0.946. The van der Waals surface area contributed by atoms with Crippen molar-refractivity contribution in [3.05, 3.63) is 51.3 Å². The minimum absolute atomic E-state index is 0.0972. The SMILES string of the molecule is O=c1n(-c2ccccc2)c(=O)n2n1[C@H]1[C@@H]3C4C5[C@]16CCCCC[C@]56[C@@H]2[C@@H]43. The van der Waals surface area contributed by atoms with Crippen molar-refractivity contribution in [3.8, 4) is 5.69 Å².